The van der Waals surface area contributed by atoms with E-state index >= 15 is 0 Å². The van der Waals surface area contributed by atoms with Gasteiger partial charge in [-0.3, -0.25) is 14.8 Å². The molecule has 0 unspecified atom stereocenters. The second kappa shape index (κ2) is 7.83. The number of aromatic amines is 1. The molecule has 1 aliphatic heterocycles. The normalized spacial score (nSPS) is 18.3. The van der Waals surface area contributed by atoms with Crippen LogP contribution in [0.15, 0.2) is 30.3 Å². The molecule has 3 rings (SSSR count). The summed E-state index contributed by atoms with van der Waals surface area (Å²) < 4.78 is 0. The van der Waals surface area contributed by atoms with Gasteiger partial charge in [0.05, 0.1) is 11.7 Å². The van der Waals surface area contributed by atoms with E-state index in [1.807, 2.05) is 31.9 Å². The maximum atomic E-state index is 13.1. The number of rotatable bonds is 5. The van der Waals surface area contributed by atoms with Crippen LogP contribution in [-0.2, 0) is 17.9 Å². The minimum Gasteiger partial charge on any atom is -0.340 e. The highest BCUT2D eigenvalue weighted by Gasteiger charge is 2.31. The SMILES string of the molecule is Cc1n[nH]c(C)c1CN(C)C(=O)[C@H]1CCCCN1Cc1ccccc1. The number of likely N-dealkylation sites (tertiary alicyclic amines) is 1. The molecule has 1 aromatic heterocycles. The van der Waals surface area contributed by atoms with Crippen LogP contribution in [0.25, 0.3) is 0 Å². The predicted octanol–water partition coefficient (Wildman–Crippen LogP) is 3.04. The van der Waals surface area contributed by atoms with Crippen molar-refractivity contribution in [3.63, 3.8) is 0 Å². The van der Waals surface area contributed by atoms with Crippen LogP contribution in [0.3, 0.4) is 0 Å². The van der Waals surface area contributed by atoms with Crippen molar-refractivity contribution >= 4 is 5.91 Å². The number of nitrogens with one attached hydrogen (secondary N) is 1. The van der Waals surface area contributed by atoms with Crippen molar-refractivity contribution in [2.24, 2.45) is 0 Å². The molecule has 1 aromatic carbocycles. The molecule has 0 radical (unpaired) electrons. The van der Waals surface area contributed by atoms with Gasteiger partial charge in [-0.15, -0.1) is 0 Å². The molecule has 1 fully saturated rings. The van der Waals surface area contributed by atoms with E-state index in [4.69, 9.17) is 0 Å². The van der Waals surface area contributed by atoms with E-state index < -0.39 is 0 Å². The summed E-state index contributed by atoms with van der Waals surface area (Å²) in [6.07, 6.45) is 3.24. The molecule has 5 heteroatoms. The summed E-state index contributed by atoms with van der Waals surface area (Å²) in [7, 11) is 1.91. The molecule has 1 aliphatic rings. The predicted molar refractivity (Wildman–Crippen MR) is 99.0 cm³/mol. The molecule has 2 heterocycles. The Hall–Kier alpha value is -2.14. The third-order valence-electron chi connectivity index (χ3n) is 5.18. The Bertz CT molecular complexity index is 690. The number of hydrogen-bond acceptors (Lipinski definition) is 3. The average molecular weight is 340 g/mol. The summed E-state index contributed by atoms with van der Waals surface area (Å²) in [5.41, 5.74) is 4.41. The summed E-state index contributed by atoms with van der Waals surface area (Å²) >= 11 is 0. The molecular weight excluding hydrogens is 312 g/mol. The van der Waals surface area contributed by atoms with Gasteiger partial charge in [-0.2, -0.15) is 5.10 Å². The van der Waals surface area contributed by atoms with E-state index in [0.717, 1.165) is 42.9 Å². The number of likely N-dealkylation sites (N-methyl/N-ethyl adjacent to an activating group) is 1. The van der Waals surface area contributed by atoms with Crippen molar-refractivity contribution in [1.29, 1.82) is 0 Å². The van der Waals surface area contributed by atoms with Gasteiger partial charge in [0.25, 0.3) is 0 Å². The number of nitrogens with zero attached hydrogens (tertiary/aromatic N) is 3. The fraction of sp³-hybridized carbons (Fsp3) is 0.500. The molecule has 1 saturated heterocycles. The summed E-state index contributed by atoms with van der Waals surface area (Å²) in [5, 5.41) is 7.24. The standard InChI is InChI=1S/C20H28N4O/c1-15-18(16(2)22-21-15)14-23(3)20(25)19-11-7-8-12-24(19)13-17-9-5-4-6-10-17/h4-6,9-10,19H,7-8,11-14H2,1-3H3,(H,21,22)/t19-/m1/s1. The number of aromatic nitrogens is 2. The number of H-pyrrole nitrogens is 1. The third kappa shape index (κ3) is 4.10. The van der Waals surface area contributed by atoms with Gasteiger partial charge in [0.2, 0.25) is 5.91 Å². The van der Waals surface area contributed by atoms with Gasteiger partial charge in [0, 0.05) is 31.4 Å². The van der Waals surface area contributed by atoms with Crippen molar-refractivity contribution < 1.29 is 4.79 Å². The second-order valence-corrected chi connectivity index (χ2v) is 7.07. The van der Waals surface area contributed by atoms with Crippen molar-refractivity contribution in [3.8, 4) is 0 Å². The molecule has 0 saturated carbocycles. The average Bonchev–Trinajstić information content (AvgIpc) is 2.94. The smallest absolute Gasteiger partial charge is 0.239 e. The minimum atomic E-state index is -0.0218. The van der Waals surface area contributed by atoms with Gasteiger partial charge in [0.1, 0.15) is 0 Å². The van der Waals surface area contributed by atoms with Gasteiger partial charge >= 0.3 is 0 Å². The number of amides is 1. The quantitative estimate of drug-likeness (QED) is 0.910. The van der Waals surface area contributed by atoms with Gasteiger partial charge < -0.3 is 4.90 Å². The maximum absolute atomic E-state index is 13.1. The van der Waals surface area contributed by atoms with E-state index in [1.165, 1.54) is 12.0 Å². The zero-order valence-electron chi connectivity index (χ0n) is 15.5. The number of hydrogen-bond donors (Lipinski definition) is 1. The molecule has 1 N–H and O–H groups in total. The molecule has 0 bridgehead atoms. The monoisotopic (exact) mass is 340 g/mol. The van der Waals surface area contributed by atoms with E-state index in [2.05, 4.69) is 39.4 Å². The molecule has 0 aliphatic carbocycles. The van der Waals surface area contributed by atoms with Crippen molar-refractivity contribution in [1.82, 2.24) is 20.0 Å². The highest BCUT2D eigenvalue weighted by Crippen LogP contribution is 2.22. The number of benzene rings is 1. The Morgan fingerprint density at radius 3 is 2.72 bits per heavy atom. The molecule has 134 valence electrons. The Morgan fingerprint density at radius 2 is 2.04 bits per heavy atom. The largest absolute Gasteiger partial charge is 0.340 e. The summed E-state index contributed by atoms with van der Waals surface area (Å²) in [5.74, 6) is 0.218. The summed E-state index contributed by atoms with van der Waals surface area (Å²) in [6.45, 7) is 6.44. The first-order valence-electron chi connectivity index (χ1n) is 9.09. The van der Waals surface area contributed by atoms with Crippen molar-refractivity contribution in [2.45, 2.75) is 52.2 Å². The number of carbonyl (C=O) groups is 1. The van der Waals surface area contributed by atoms with Gasteiger partial charge in [-0.1, -0.05) is 36.8 Å². The Kier molecular flexibility index (Phi) is 5.53. The molecule has 2 aromatic rings. The topological polar surface area (TPSA) is 52.2 Å². The van der Waals surface area contributed by atoms with Gasteiger partial charge in [-0.25, -0.2) is 0 Å². The van der Waals surface area contributed by atoms with Gasteiger partial charge in [0.15, 0.2) is 0 Å². The molecular formula is C20H28N4O. The first-order valence-corrected chi connectivity index (χ1v) is 9.09. The lowest BCUT2D eigenvalue weighted by Crippen LogP contribution is -2.49. The summed E-state index contributed by atoms with van der Waals surface area (Å²) in [4.78, 5) is 17.3. The first kappa shape index (κ1) is 17.7. The lowest BCUT2D eigenvalue weighted by atomic mass is 9.99. The van der Waals surface area contributed by atoms with E-state index in [1.54, 1.807) is 0 Å². The third-order valence-corrected chi connectivity index (χ3v) is 5.18. The Labute approximate surface area is 150 Å². The highest BCUT2D eigenvalue weighted by atomic mass is 16.2. The van der Waals surface area contributed by atoms with Crippen LogP contribution in [0.5, 0.6) is 0 Å². The highest BCUT2D eigenvalue weighted by molar-refractivity contribution is 5.81. The van der Waals surface area contributed by atoms with Crippen LogP contribution in [0.1, 0.15) is 41.8 Å². The fourth-order valence-corrected chi connectivity index (χ4v) is 3.65. The molecule has 5 nitrogen and oxygen atoms in total. The second-order valence-electron chi connectivity index (χ2n) is 7.07. The van der Waals surface area contributed by atoms with Crippen LogP contribution in [0.4, 0.5) is 0 Å². The van der Waals surface area contributed by atoms with Crippen molar-refractivity contribution in [3.05, 3.63) is 52.8 Å². The van der Waals surface area contributed by atoms with Crippen LogP contribution in [0.2, 0.25) is 0 Å². The number of carbonyl (C=O) groups excluding carboxylic acids is 1. The number of piperidine rings is 1. The molecule has 0 spiro atoms. The van der Waals surface area contributed by atoms with Crippen LogP contribution in [-0.4, -0.2) is 45.5 Å². The van der Waals surface area contributed by atoms with Gasteiger partial charge in [-0.05, 0) is 38.8 Å². The minimum absolute atomic E-state index is 0.0218. The molecule has 1 atom stereocenters. The molecule has 1 amide bonds. The Morgan fingerprint density at radius 1 is 1.28 bits per heavy atom. The first-order chi connectivity index (χ1) is 12.1. The lowest BCUT2D eigenvalue weighted by Gasteiger charge is -2.36. The van der Waals surface area contributed by atoms with E-state index in [0.29, 0.717) is 6.54 Å². The van der Waals surface area contributed by atoms with Crippen LogP contribution >= 0.6 is 0 Å². The van der Waals surface area contributed by atoms with E-state index in [9.17, 15) is 4.79 Å². The summed E-state index contributed by atoms with van der Waals surface area (Å²) in [6, 6.07) is 10.4. The fourth-order valence-electron chi connectivity index (χ4n) is 3.65. The van der Waals surface area contributed by atoms with Crippen LogP contribution in [0, 0.1) is 13.8 Å². The van der Waals surface area contributed by atoms with E-state index in [-0.39, 0.29) is 11.9 Å². The lowest BCUT2D eigenvalue weighted by molar-refractivity contribution is -0.137. The zero-order valence-corrected chi connectivity index (χ0v) is 15.5. The molecule has 25 heavy (non-hydrogen) atoms. The number of aryl methyl sites for hydroxylation is 2. The zero-order chi connectivity index (χ0) is 17.8. The maximum Gasteiger partial charge on any atom is 0.239 e. The van der Waals surface area contributed by atoms with Crippen LogP contribution < -0.4 is 0 Å². The Balaban J connectivity index is 1.69. The van der Waals surface area contributed by atoms with Crippen molar-refractivity contribution in [2.75, 3.05) is 13.6 Å².